The molecule has 2 aromatic heterocycles. The van der Waals surface area contributed by atoms with Gasteiger partial charge in [0.25, 0.3) is 0 Å². The molecule has 0 amide bonds. The van der Waals surface area contributed by atoms with E-state index in [0.717, 1.165) is 61.6 Å². The number of pyridine rings is 1. The van der Waals surface area contributed by atoms with Gasteiger partial charge in [0.1, 0.15) is 5.52 Å². The van der Waals surface area contributed by atoms with E-state index in [1.165, 1.54) is 4.52 Å². The zero-order chi connectivity index (χ0) is 24.2. The zero-order valence-electron chi connectivity index (χ0n) is 20.1. The van der Waals surface area contributed by atoms with Crippen LogP contribution in [0.1, 0.15) is 56.7 Å². The molecule has 1 aliphatic rings. The molecule has 0 bridgehead atoms. The van der Waals surface area contributed by atoms with Crippen LogP contribution >= 0.6 is 0 Å². The van der Waals surface area contributed by atoms with Gasteiger partial charge in [-0.05, 0) is 68.9 Å². The number of aliphatic carboxylic acids is 1. The molecule has 1 aliphatic heterocycles. The number of ether oxygens (including phenoxy) is 1. The van der Waals surface area contributed by atoms with Crippen molar-refractivity contribution in [3.05, 3.63) is 53.6 Å². The highest BCUT2D eigenvalue weighted by molar-refractivity contribution is 5.78. The highest BCUT2D eigenvalue weighted by Crippen LogP contribution is 2.36. The van der Waals surface area contributed by atoms with Gasteiger partial charge >= 0.3 is 5.97 Å². The molecule has 4 rings (SSSR count). The molecule has 34 heavy (non-hydrogen) atoms. The minimum atomic E-state index is -0.806. The van der Waals surface area contributed by atoms with Gasteiger partial charge in [0, 0.05) is 37.7 Å². The standard InChI is InChI=1S/C26H33FN4O3/c1-4-18(15-25(32)33)19-6-7-23(30(5-2)21-9-12-34-13-10-21)22(14-19)28-20-8-11-31-24(16-20)26(27)17(3)29-31/h6-8,11,14,16,18,21,28H,4-5,9-10,12-13,15H2,1-3H3,(H,32,33)/t18-/m0/s1. The van der Waals surface area contributed by atoms with Crippen LogP contribution in [-0.4, -0.2) is 46.5 Å². The second-order valence-electron chi connectivity index (χ2n) is 8.88. The number of fused-ring (bicyclic) bond motifs is 1. The van der Waals surface area contributed by atoms with Gasteiger partial charge in [0.15, 0.2) is 5.82 Å². The lowest BCUT2D eigenvalue weighted by molar-refractivity contribution is -0.137. The van der Waals surface area contributed by atoms with Gasteiger partial charge in [-0.2, -0.15) is 5.10 Å². The van der Waals surface area contributed by atoms with E-state index in [1.54, 1.807) is 19.2 Å². The molecular weight excluding hydrogens is 435 g/mol. The molecule has 1 aromatic carbocycles. The maximum atomic E-state index is 14.5. The molecule has 3 aromatic rings. The number of halogens is 1. The maximum Gasteiger partial charge on any atom is 0.303 e. The van der Waals surface area contributed by atoms with E-state index < -0.39 is 5.97 Å². The van der Waals surface area contributed by atoms with E-state index in [-0.39, 0.29) is 18.2 Å². The summed E-state index contributed by atoms with van der Waals surface area (Å²) in [6.07, 6.45) is 4.47. The summed E-state index contributed by atoms with van der Waals surface area (Å²) in [6, 6.07) is 10.2. The predicted molar refractivity (Wildman–Crippen MR) is 132 cm³/mol. The number of aryl methyl sites for hydroxylation is 1. The Morgan fingerprint density at radius 1 is 1.29 bits per heavy atom. The van der Waals surface area contributed by atoms with Crippen molar-refractivity contribution in [3.63, 3.8) is 0 Å². The Labute approximate surface area is 199 Å². The molecule has 2 N–H and O–H groups in total. The number of hydrogen-bond acceptors (Lipinski definition) is 5. The lowest BCUT2D eigenvalue weighted by Crippen LogP contribution is -2.39. The highest BCUT2D eigenvalue weighted by atomic mass is 19.1. The summed E-state index contributed by atoms with van der Waals surface area (Å²) in [4.78, 5) is 13.8. The summed E-state index contributed by atoms with van der Waals surface area (Å²) in [5, 5.41) is 17.1. The Kier molecular flexibility index (Phi) is 7.36. The molecule has 182 valence electrons. The summed E-state index contributed by atoms with van der Waals surface area (Å²) in [5.74, 6) is -1.22. The first kappa shape index (κ1) is 24.0. The number of rotatable bonds is 9. The number of carboxylic acid groups (broad SMARTS) is 1. The average Bonchev–Trinajstić information content (AvgIpc) is 3.12. The summed E-state index contributed by atoms with van der Waals surface area (Å²) in [6.45, 7) is 8.12. The minimum absolute atomic E-state index is 0.0809. The lowest BCUT2D eigenvalue weighted by Gasteiger charge is -2.37. The van der Waals surface area contributed by atoms with E-state index in [2.05, 4.69) is 34.4 Å². The number of carboxylic acids is 1. The Morgan fingerprint density at radius 2 is 2.06 bits per heavy atom. The Balaban J connectivity index is 1.75. The Hall–Kier alpha value is -3.13. The average molecular weight is 469 g/mol. The third-order valence-electron chi connectivity index (χ3n) is 6.70. The second kappa shape index (κ2) is 10.4. The first-order chi connectivity index (χ1) is 16.4. The largest absolute Gasteiger partial charge is 0.481 e. The summed E-state index contributed by atoms with van der Waals surface area (Å²) < 4.78 is 21.6. The fourth-order valence-electron chi connectivity index (χ4n) is 4.86. The van der Waals surface area contributed by atoms with Crippen molar-refractivity contribution in [3.8, 4) is 0 Å². The molecule has 0 radical (unpaired) electrons. The first-order valence-corrected chi connectivity index (χ1v) is 12.0. The number of aromatic nitrogens is 2. The molecule has 0 spiro atoms. The summed E-state index contributed by atoms with van der Waals surface area (Å²) in [7, 11) is 0. The predicted octanol–water partition coefficient (Wildman–Crippen LogP) is 5.50. The first-order valence-electron chi connectivity index (χ1n) is 12.0. The number of hydrogen-bond donors (Lipinski definition) is 2. The number of nitrogens with zero attached hydrogens (tertiary/aromatic N) is 3. The van der Waals surface area contributed by atoms with E-state index >= 15 is 0 Å². The van der Waals surface area contributed by atoms with Gasteiger partial charge in [0.2, 0.25) is 0 Å². The summed E-state index contributed by atoms with van der Waals surface area (Å²) in [5.41, 5.74) is 4.43. The quantitative estimate of drug-likeness (QED) is 0.432. The van der Waals surface area contributed by atoms with Crippen LogP contribution in [0.5, 0.6) is 0 Å². The van der Waals surface area contributed by atoms with E-state index in [4.69, 9.17) is 4.74 Å². The van der Waals surface area contributed by atoms with Gasteiger partial charge in [-0.15, -0.1) is 0 Å². The highest BCUT2D eigenvalue weighted by Gasteiger charge is 2.24. The maximum absolute atomic E-state index is 14.5. The van der Waals surface area contributed by atoms with Crippen molar-refractivity contribution in [1.82, 2.24) is 9.61 Å². The molecule has 0 saturated carbocycles. The Morgan fingerprint density at radius 3 is 2.74 bits per heavy atom. The van der Waals surface area contributed by atoms with E-state index in [0.29, 0.717) is 17.3 Å². The van der Waals surface area contributed by atoms with Crippen molar-refractivity contribution in [2.75, 3.05) is 30.0 Å². The van der Waals surface area contributed by atoms with Crippen LogP contribution < -0.4 is 10.2 Å². The zero-order valence-corrected chi connectivity index (χ0v) is 20.1. The molecule has 1 atom stereocenters. The SMILES string of the molecule is CC[C@@H](CC(=O)O)c1ccc(N(CC)C2CCOCC2)c(Nc2ccn3nc(C)c(F)c3c2)c1. The third-order valence-corrected chi connectivity index (χ3v) is 6.70. The van der Waals surface area contributed by atoms with Crippen molar-refractivity contribution in [1.29, 1.82) is 0 Å². The molecule has 0 aliphatic carbocycles. The second-order valence-corrected chi connectivity index (χ2v) is 8.88. The van der Waals surface area contributed by atoms with E-state index in [9.17, 15) is 14.3 Å². The number of anilines is 3. The fraction of sp³-hybridized carbons (Fsp3) is 0.462. The molecule has 8 heteroatoms. The smallest absolute Gasteiger partial charge is 0.303 e. The van der Waals surface area contributed by atoms with Crippen LogP contribution in [0.3, 0.4) is 0 Å². The fourth-order valence-corrected chi connectivity index (χ4v) is 4.86. The van der Waals surface area contributed by atoms with Crippen molar-refractivity contribution in [2.24, 2.45) is 0 Å². The van der Waals surface area contributed by atoms with Gasteiger partial charge in [-0.3, -0.25) is 4.79 Å². The molecule has 3 heterocycles. The van der Waals surface area contributed by atoms with Crippen LogP contribution in [0.4, 0.5) is 21.5 Å². The van der Waals surface area contributed by atoms with Crippen molar-refractivity contribution >= 4 is 28.5 Å². The van der Waals surface area contributed by atoms with Crippen LogP contribution in [0.25, 0.3) is 5.52 Å². The third kappa shape index (κ3) is 5.01. The molecule has 1 saturated heterocycles. The van der Waals surface area contributed by atoms with Gasteiger partial charge < -0.3 is 20.1 Å². The monoisotopic (exact) mass is 468 g/mol. The van der Waals surface area contributed by atoms with Crippen molar-refractivity contribution < 1.29 is 19.0 Å². The van der Waals surface area contributed by atoms with Crippen LogP contribution in [0, 0.1) is 12.7 Å². The number of benzene rings is 1. The Bertz CT molecular complexity index is 1160. The van der Waals surface area contributed by atoms with Crippen LogP contribution in [0.15, 0.2) is 36.5 Å². The van der Waals surface area contributed by atoms with Crippen molar-refractivity contribution in [2.45, 2.75) is 58.4 Å². The topological polar surface area (TPSA) is 79.1 Å². The normalized spacial score (nSPS) is 15.4. The molecule has 0 unspecified atom stereocenters. The number of nitrogens with one attached hydrogen (secondary N) is 1. The minimum Gasteiger partial charge on any atom is -0.481 e. The lowest BCUT2D eigenvalue weighted by atomic mass is 9.92. The van der Waals surface area contributed by atoms with Gasteiger partial charge in [-0.25, -0.2) is 8.91 Å². The van der Waals surface area contributed by atoms with E-state index in [1.807, 2.05) is 19.1 Å². The van der Waals surface area contributed by atoms with Crippen LogP contribution in [-0.2, 0) is 9.53 Å². The number of carbonyl (C=O) groups is 1. The molecular formula is C26H33FN4O3. The molecule has 1 fully saturated rings. The van der Waals surface area contributed by atoms with Crippen LogP contribution in [0.2, 0.25) is 0 Å². The summed E-state index contributed by atoms with van der Waals surface area (Å²) >= 11 is 0. The molecule has 7 nitrogen and oxygen atoms in total. The van der Waals surface area contributed by atoms with Gasteiger partial charge in [0.05, 0.1) is 23.5 Å². The van der Waals surface area contributed by atoms with Gasteiger partial charge in [-0.1, -0.05) is 13.0 Å².